The van der Waals surface area contributed by atoms with Crippen molar-refractivity contribution in [1.82, 2.24) is 15.2 Å². The molecule has 1 aromatic heterocycles. The monoisotopic (exact) mass is 413 g/mol. The molecule has 1 aromatic carbocycles. The van der Waals surface area contributed by atoms with E-state index in [0.29, 0.717) is 12.2 Å². The van der Waals surface area contributed by atoms with Crippen LogP contribution in [0.25, 0.3) is 0 Å². The second kappa shape index (κ2) is 8.54. The molecule has 0 saturated carbocycles. The van der Waals surface area contributed by atoms with Gasteiger partial charge in [-0.15, -0.1) is 11.3 Å². The van der Waals surface area contributed by atoms with Crippen LogP contribution >= 0.6 is 11.3 Å². The fraction of sp³-hybridized carbons (Fsp3) is 0.565. The zero-order valence-electron chi connectivity index (χ0n) is 17.7. The van der Waals surface area contributed by atoms with Gasteiger partial charge in [0.05, 0.1) is 16.7 Å². The summed E-state index contributed by atoms with van der Waals surface area (Å²) in [4.78, 5) is 19.0. The van der Waals surface area contributed by atoms with Crippen LogP contribution in [0.5, 0.6) is 0 Å². The van der Waals surface area contributed by atoms with Crippen molar-refractivity contribution in [1.29, 1.82) is 0 Å². The van der Waals surface area contributed by atoms with Crippen LogP contribution in [0.1, 0.15) is 57.9 Å². The number of aromatic nitrogens is 1. The third kappa shape index (κ3) is 4.87. The van der Waals surface area contributed by atoms with Crippen LogP contribution < -0.4 is 5.32 Å². The van der Waals surface area contributed by atoms with Gasteiger partial charge >= 0.3 is 0 Å². The summed E-state index contributed by atoms with van der Waals surface area (Å²) in [6.45, 7) is 10.0. The maximum absolute atomic E-state index is 12.2. The molecule has 3 heterocycles. The summed E-state index contributed by atoms with van der Waals surface area (Å²) in [5.41, 5.74) is 4.65. The van der Waals surface area contributed by atoms with Crippen LogP contribution in [0, 0.1) is 20.8 Å². The Kier molecular flexibility index (Phi) is 6.04. The van der Waals surface area contributed by atoms with Crippen LogP contribution in [-0.2, 0) is 11.3 Å². The largest absolute Gasteiger partial charge is 0.370 e. The minimum Gasteiger partial charge on any atom is -0.370 e. The molecule has 2 saturated heterocycles. The third-order valence-corrected chi connectivity index (χ3v) is 7.11. The number of aryl methyl sites for hydroxylation is 3. The molecule has 6 heteroatoms. The van der Waals surface area contributed by atoms with Crippen LogP contribution in [0.2, 0.25) is 0 Å². The fourth-order valence-corrected chi connectivity index (χ4v) is 5.15. The highest BCUT2D eigenvalue weighted by molar-refractivity contribution is 7.09. The lowest BCUT2D eigenvalue weighted by Crippen LogP contribution is -2.45. The normalized spacial score (nSPS) is 21.6. The number of hydrogen-bond acceptors (Lipinski definition) is 5. The Morgan fingerprint density at radius 2 is 2.07 bits per heavy atom. The van der Waals surface area contributed by atoms with E-state index in [9.17, 15) is 4.79 Å². The van der Waals surface area contributed by atoms with Gasteiger partial charge in [0.2, 0.25) is 0 Å². The number of ether oxygens (including phenoxy) is 1. The molecular formula is C23H31N3O2S. The maximum atomic E-state index is 12.2. The van der Waals surface area contributed by atoms with Gasteiger partial charge in [-0.1, -0.05) is 23.8 Å². The summed E-state index contributed by atoms with van der Waals surface area (Å²) in [7, 11) is 0. The molecule has 5 nitrogen and oxygen atoms in total. The Bertz CT molecular complexity index is 871. The Hall–Kier alpha value is -1.76. The lowest BCUT2D eigenvalue weighted by Gasteiger charge is -2.39. The molecule has 2 aliphatic rings. The van der Waals surface area contributed by atoms with Gasteiger partial charge in [0, 0.05) is 31.6 Å². The van der Waals surface area contributed by atoms with Gasteiger partial charge in [-0.2, -0.15) is 0 Å². The van der Waals surface area contributed by atoms with E-state index >= 15 is 0 Å². The zero-order valence-corrected chi connectivity index (χ0v) is 18.5. The number of carbonyl (C=O) groups excluding carboxylic acids is 1. The van der Waals surface area contributed by atoms with E-state index in [2.05, 4.69) is 47.2 Å². The van der Waals surface area contributed by atoms with Gasteiger partial charge in [-0.05, 0) is 57.6 Å². The molecule has 0 aliphatic carbocycles. The number of hydrogen-bond donors (Lipinski definition) is 1. The van der Waals surface area contributed by atoms with Crippen LogP contribution in [-0.4, -0.2) is 47.1 Å². The topological polar surface area (TPSA) is 54.5 Å². The third-order valence-electron chi connectivity index (χ3n) is 6.34. The number of benzene rings is 1. The minimum atomic E-state index is -0.0952. The second-order valence-corrected chi connectivity index (χ2v) is 9.69. The lowest BCUT2D eigenvalue weighted by atomic mass is 9.88. The first-order valence-electron chi connectivity index (χ1n) is 10.6. The molecule has 0 radical (unpaired) electrons. The van der Waals surface area contributed by atoms with Crippen molar-refractivity contribution < 1.29 is 9.53 Å². The van der Waals surface area contributed by atoms with Gasteiger partial charge in [-0.3, -0.25) is 9.69 Å². The van der Waals surface area contributed by atoms with Crippen molar-refractivity contribution in [2.24, 2.45) is 0 Å². The van der Waals surface area contributed by atoms with Crippen molar-refractivity contribution in [2.45, 2.75) is 64.7 Å². The van der Waals surface area contributed by atoms with Crippen molar-refractivity contribution in [3.8, 4) is 0 Å². The summed E-state index contributed by atoms with van der Waals surface area (Å²) < 4.78 is 6.46. The predicted octanol–water partition coefficient (Wildman–Crippen LogP) is 4.01. The molecule has 2 aromatic rings. The average Bonchev–Trinajstić information content (AvgIpc) is 3.31. The van der Waals surface area contributed by atoms with Gasteiger partial charge < -0.3 is 10.1 Å². The van der Waals surface area contributed by atoms with Gasteiger partial charge in [0.25, 0.3) is 5.91 Å². The van der Waals surface area contributed by atoms with E-state index in [1.54, 1.807) is 0 Å². The summed E-state index contributed by atoms with van der Waals surface area (Å²) in [6, 6.07) is 6.75. The van der Waals surface area contributed by atoms with Gasteiger partial charge in [0.1, 0.15) is 5.69 Å². The van der Waals surface area contributed by atoms with Crippen molar-refractivity contribution >= 4 is 17.2 Å². The molecule has 4 rings (SSSR count). The SMILES string of the molecule is Cc1ccc(CN2CCC3(CCC(CNC(=O)c4csc(C)n4)O3)CC2)c(C)c1. The number of nitrogens with one attached hydrogen (secondary N) is 1. The number of nitrogens with zero attached hydrogens (tertiary/aromatic N) is 2. The quantitative estimate of drug-likeness (QED) is 0.805. The molecule has 2 fully saturated rings. The Morgan fingerprint density at radius 1 is 1.28 bits per heavy atom. The van der Waals surface area contributed by atoms with Crippen molar-refractivity contribution in [3.63, 3.8) is 0 Å². The number of thiazole rings is 1. The predicted molar refractivity (Wildman–Crippen MR) is 116 cm³/mol. The van der Waals surface area contributed by atoms with Gasteiger partial charge in [-0.25, -0.2) is 4.98 Å². The molecular weight excluding hydrogens is 382 g/mol. The summed E-state index contributed by atoms with van der Waals surface area (Å²) >= 11 is 1.50. The molecule has 1 spiro atoms. The highest BCUT2D eigenvalue weighted by atomic mass is 32.1. The maximum Gasteiger partial charge on any atom is 0.270 e. The molecule has 29 heavy (non-hydrogen) atoms. The summed E-state index contributed by atoms with van der Waals surface area (Å²) in [6.07, 6.45) is 4.39. The molecule has 2 aliphatic heterocycles. The first-order chi connectivity index (χ1) is 13.9. The molecule has 0 bridgehead atoms. The minimum absolute atomic E-state index is 0.00539. The molecule has 1 atom stereocenters. The van der Waals surface area contributed by atoms with E-state index in [-0.39, 0.29) is 17.6 Å². The second-order valence-electron chi connectivity index (χ2n) is 8.63. The standard InChI is InChI=1S/C23H31N3O2S/c1-16-4-5-19(17(2)12-16)14-26-10-8-23(9-11-26)7-6-20(28-23)13-24-22(27)21-15-29-18(3)25-21/h4-5,12,15,20H,6-11,13-14H2,1-3H3,(H,24,27). The number of carbonyl (C=O) groups is 1. The van der Waals surface area contributed by atoms with Crippen molar-refractivity contribution in [3.05, 3.63) is 51.0 Å². The van der Waals surface area contributed by atoms with Crippen LogP contribution in [0.3, 0.4) is 0 Å². The molecule has 156 valence electrons. The number of piperidine rings is 1. The first kappa shape index (κ1) is 20.5. The number of amides is 1. The number of rotatable bonds is 5. The molecule has 1 amide bonds. The first-order valence-corrected chi connectivity index (χ1v) is 11.5. The van der Waals surface area contributed by atoms with Gasteiger partial charge in [0.15, 0.2) is 0 Å². The summed E-state index contributed by atoms with van der Waals surface area (Å²) in [5, 5.41) is 5.73. The highest BCUT2D eigenvalue weighted by Crippen LogP contribution is 2.39. The Morgan fingerprint density at radius 3 is 2.76 bits per heavy atom. The van der Waals surface area contributed by atoms with Crippen LogP contribution in [0.4, 0.5) is 0 Å². The van der Waals surface area contributed by atoms with E-state index in [0.717, 1.165) is 50.3 Å². The zero-order chi connectivity index (χ0) is 20.4. The Balaban J connectivity index is 1.24. The Labute approximate surface area is 177 Å². The van der Waals surface area contributed by atoms with E-state index in [1.807, 2.05) is 12.3 Å². The summed E-state index contributed by atoms with van der Waals surface area (Å²) in [5.74, 6) is -0.0952. The van der Waals surface area contributed by atoms with E-state index in [4.69, 9.17) is 4.74 Å². The van der Waals surface area contributed by atoms with Crippen molar-refractivity contribution in [2.75, 3.05) is 19.6 Å². The number of likely N-dealkylation sites (tertiary alicyclic amines) is 1. The fourth-order valence-electron chi connectivity index (χ4n) is 4.55. The van der Waals surface area contributed by atoms with E-state index < -0.39 is 0 Å². The lowest BCUT2D eigenvalue weighted by molar-refractivity contribution is -0.0764. The molecule has 1 N–H and O–H groups in total. The molecule has 1 unspecified atom stereocenters. The highest BCUT2D eigenvalue weighted by Gasteiger charge is 2.42. The smallest absolute Gasteiger partial charge is 0.270 e. The average molecular weight is 414 g/mol. The van der Waals surface area contributed by atoms with Crippen LogP contribution in [0.15, 0.2) is 23.6 Å². The van der Waals surface area contributed by atoms with E-state index in [1.165, 1.54) is 28.0 Å².